The van der Waals surface area contributed by atoms with E-state index in [4.69, 9.17) is 8.35 Å². The van der Waals surface area contributed by atoms with E-state index in [1.54, 1.807) is 0 Å². The van der Waals surface area contributed by atoms with Crippen LogP contribution in [0.25, 0.3) is 0 Å². The molecule has 36 valence electrons. The van der Waals surface area contributed by atoms with Gasteiger partial charge in [-0.2, -0.15) is 0 Å². The SMILES string of the molecule is [2H]OC([2H])([2H])C([2H])(O[2H])C([2H])=O. The Kier molecular flexibility index (Phi) is 0.491. The van der Waals surface area contributed by atoms with Crippen molar-refractivity contribution in [3.05, 3.63) is 0 Å². The minimum atomic E-state index is -3.15. The van der Waals surface area contributed by atoms with Crippen LogP contribution in [0.1, 0.15) is 5.48 Å². The average molecular weight is 96.1 g/mol. The van der Waals surface area contributed by atoms with Gasteiger partial charge < -0.3 is 15.0 Å². The van der Waals surface area contributed by atoms with E-state index in [0.717, 1.165) is 0 Å². The molecule has 0 amide bonds. The number of aldehydes is 1. The lowest BCUT2D eigenvalue weighted by molar-refractivity contribution is -0.116. The fourth-order valence-corrected chi connectivity index (χ4v) is 0.0208. The molecule has 0 aliphatic carbocycles. The van der Waals surface area contributed by atoms with E-state index >= 15 is 0 Å². The molecule has 0 fully saturated rings. The van der Waals surface area contributed by atoms with E-state index in [-0.39, 0.29) is 0 Å². The van der Waals surface area contributed by atoms with Crippen molar-refractivity contribution in [3.63, 3.8) is 0 Å². The van der Waals surface area contributed by atoms with Crippen LogP contribution >= 0.6 is 0 Å². The van der Waals surface area contributed by atoms with Gasteiger partial charge in [0, 0.05) is 0 Å². The molecular formula is C3H6O3. The van der Waals surface area contributed by atoms with Crippen molar-refractivity contribution in [2.45, 2.75) is 6.08 Å². The standard InChI is InChI=1S/C3H6O3/c4-1-3(6)2-5/h1,3,5-6H,2H2/i1D,2D2,3D,5D,6D. The van der Waals surface area contributed by atoms with Gasteiger partial charge in [-0.1, -0.05) is 0 Å². The van der Waals surface area contributed by atoms with Crippen molar-refractivity contribution < 1.29 is 20.5 Å². The van der Waals surface area contributed by atoms with Crippen LogP contribution in [0.5, 0.6) is 0 Å². The highest BCUT2D eigenvalue weighted by Gasteiger charge is 1.92. The van der Waals surface area contributed by atoms with Gasteiger partial charge in [-0.05, 0) is 0 Å². The summed E-state index contributed by atoms with van der Waals surface area (Å²) in [7, 11) is 0. The molecule has 6 heavy (non-hydrogen) atoms. The molecule has 1 atom stereocenters. The molecule has 0 radical (unpaired) electrons. The Labute approximate surface area is 43.8 Å². The molecule has 0 heterocycles. The van der Waals surface area contributed by atoms with Gasteiger partial charge in [-0.15, -0.1) is 0 Å². The van der Waals surface area contributed by atoms with Gasteiger partial charge in [0.1, 0.15) is 7.45 Å². The number of hydrogen-bond donors (Lipinski definition) is 2. The lowest BCUT2D eigenvalue weighted by atomic mass is 10.4. The molecular weight excluding hydrogens is 84.0 g/mol. The van der Waals surface area contributed by atoms with Crippen molar-refractivity contribution in [1.82, 2.24) is 0 Å². The zero-order valence-corrected chi connectivity index (χ0v) is 2.72. The summed E-state index contributed by atoms with van der Waals surface area (Å²) in [6.45, 7) is -3.15. The quantitative estimate of drug-likeness (QED) is 0.420. The Balaban J connectivity index is 4.87. The summed E-state index contributed by atoms with van der Waals surface area (Å²) in [4.78, 5) is 10.3. The average Bonchev–Trinajstić information content (AvgIpc) is 2.02. The molecule has 0 aliphatic rings. The predicted octanol–water partition coefficient (Wildman–Crippen LogP) is -1.46. The molecule has 3 nitrogen and oxygen atoms in total. The summed E-state index contributed by atoms with van der Waals surface area (Å²) in [5.41, 5.74) is 0. The third-order valence-corrected chi connectivity index (χ3v) is 0.185. The monoisotopic (exact) mass is 96.1 g/mol. The molecule has 0 aromatic heterocycles. The van der Waals surface area contributed by atoms with Gasteiger partial charge in [0.2, 0.25) is 2.86 Å². The summed E-state index contributed by atoms with van der Waals surface area (Å²) in [6.07, 6.45) is -4.94. The van der Waals surface area contributed by atoms with Crippen LogP contribution in [-0.2, 0) is 4.79 Å². The Hall–Kier alpha value is -0.410. The highest BCUT2D eigenvalue weighted by molar-refractivity contribution is 5.55. The summed E-state index contributed by atoms with van der Waals surface area (Å²) >= 11 is 0. The van der Waals surface area contributed by atoms with Crippen molar-refractivity contribution in [1.29, 1.82) is 2.86 Å². The van der Waals surface area contributed by atoms with Crippen molar-refractivity contribution in [2.24, 2.45) is 0 Å². The molecule has 2 N–H and O–H groups in total. The Morgan fingerprint density at radius 3 is 3.67 bits per heavy atom. The number of carbonyl (C=O) groups excluding carboxylic acids is 1. The van der Waals surface area contributed by atoms with Crippen molar-refractivity contribution in [2.75, 3.05) is 6.56 Å². The summed E-state index contributed by atoms with van der Waals surface area (Å²) < 4.78 is 39.1. The predicted molar refractivity (Wildman–Crippen MR) is 19.2 cm³/mol. The Morgan fingerprint density at radius 1 is 2.67 bits per heavy atom. The molecule has 0 bridgehead atoms. The zero-order chi connectivity index (χ0) is 9.99. The first kappa shape index (κ1) is 1.05. The first-order valence-electron chi connectivity index (χ1n) is 3.93. The number of rotatable bonds is 4. The number of carbonyl (C=O) groups is 1. The van der Waals surface area contributed by atoms with Gasteiger partial charge in [0.25, 0.3) is 0 Å². The van der Waals surface area contributed by atoms with E-state index in [1.807, 2.05) is 0 Å². The van der Waals surface area contributed by atoms with Crippen LogP contribution < -0.4 is 0 Å². The fourth-order valence-electron chi connectivity index (χ4n) is 0.0208. The van der Waals surface area contributed by atoms with Crippen molar-refractivity contribution in [3.8, 4) is 0 Å². The topological polar surface area (TPSA) is 57.5 Å². The second kappa shape index (κ2) is 2.81. The zero-order valence-electron chi connectivity index (χ0n) is 8.72. The second-order valence-corrected chi connectivity index (χ2v) is 0.533. The summed E-state index contributed by atoms with van der Waals surface area (Å²) in [5.74, 6) is 0. The highest BCUT2D eigenvalue weighted by Crippen LogP contribution is 1.66. The molecule has 1 unspecified atom stereocenters. The molecule has 0 aromatic carbocycles. The fraction of sp³-hybridized carbons (Fsp3) is 0.667. The second-order valence-electron chi connectivity index (χ2n) is 0.533. The molecule has 0 spiro atoms. The lowest BCUT2D eigenvalue weighted by Crippen LogP contribution is -2.12. The van der Waals surface area contributed by atoms with Crippen LogP contribution in [0, 0.1) is 0 Å². The van der Waals surface area contributed by atoms with Crippen LogP contribution in [0.15, 0.2) is 0 Å². The van der Waals surface area contributed by atoms with E-state index < -0.39 is 18.9 Å². The molecule has 0 saturated carbocycles. The third-order valence-electron chi connectivity index (χ3n) is 0.185. The van der Waals surface area contributed by atoms with Crippen LogP contribution in [-0.4, -0.2) is 32.0 Å². The number of hydrogen-bond acceptors (Lipinski definition) is 3. The van der Waals surface area contributed by atoms with E-state index in [0.29, 0.717) is 0 Å². The van der Waals surface area contributed by atoms with Gasteiger partial charge in [-0.25, -0.2) is 0 Å². The minimum Gasteiger partial charge on any atom is -0.393 e. The maximum atomic E-state index is 10.3. The van der Waals surface area contributed by atoms with E-state index in [1.165, 1.54) is 0 Å². The van der Waals surface area contributed by atoms with Gasteiger partial charge in [0.05, 0.1) is 10.7 Å². The lowest BCUT2D eigenvalue weighted by Gasteiger charge is -1.89. The van der Waals surface area contributed by atoms with Crippen molar-refractivity contribution >= 4 is 6.26 Å². The first-order valence-corrected chi connectivity index (χ1v) is 1.11. The van der Waals surface area contributed by atoms with Gasteiger partial charge in [0.15, 0.2) is 6.26 Å². The smallest absolute Gasteiger partial charge is 0.211 e. The van der Waals surface area contributed by atoms with Gasteiger partial charge in [-0.3, -0.25) is 0 Å². The highest BCUT2D eigenvalue weighted by atomic mass is 16.3. The maximum absolute atomic E-state index is 10.3. The summed E-state index contributed by atoms with van der Waals surface area (Å²) in [5, 5.41) is 6.78. The molecule has 3 heteroatoms. The molecule has 0 saturated heterocycles. The number of aliphatic hydroxyl groups is 2. The summed E-state index contributed by atoms with van der Waals surface area (Å²) in [6, 6.07) is 0. The molecule has 0 aromatic rings. The first-order chi connectivity index (χ1) is 5.31. The normalized spacial score (nSPS) is 35.3. The molecule has 0 rings (SSSR count). The Morgan fingerprint density at radius 2 is 3.50 bits per heavy atom. The van der Waals surface area contributed by atoms with Crippen LogP contribution in [0.3, 0.4) is 0 Å². The van der Waals surface area contributed by atoms with E-state index in [9.17, 15) is 4.79 Å². The van der Waals surface area contributed by atoms with Gasteiger partial charge >= 0.3 is 0 Å². The minimum absolute atomic E-state index is 1.80. The van der Waals surface area contributed by atoms with Crippen LogP contribution in [0.2, 0.25) is 0 Å². The largest absolute Gasteiger partial charge is 0.393 e. The third kappa shape index (κ3) is 1.87. The Bertz CT molecular complexity index is 183. The van der Waals surface area contributed by atoms with Crippen LogP contribution in [0.4, 0.5) is 0 Å². The maximum Gasteiger partial charge on any atom is 0.211 e. The molecule has 0 aliphatic heterocycles. The van der Waals surface area contributed by atoms with E-state index in [2.05, 4.69) is 10.2 Å².